The van der Waals surface area contributed by atoms with Crippen molar-refractivity contribution in [2.24, 2.45) is 0 Å². The average molecular weight is 287 g/mol. The van der Waals surface area contributed by atoms with E-state index in [1.165, 1.54) is 26.1 Å². The third-order valence-electron chi connectivity index (χ3n) is 3.43. The Morgan fingerprint density at radius 3 is 2.79 bits per heavy atom. The van der Waals surface area contributed by atoms with Crippen LogP contribution in [0.25, 0.3) is 10.1 Å². The quantitative estimate of drug-likeness (QED) is 0.702. The Kier molecular flexibility index (Phi) is 3.69. The maximum atomic E-state index is 3.62. The number of hydrogen-bond acceptors (Lipinski definition) is 3. The molecule has 0 fully saturated rings. The van der Waals surface area contributed by atoms with Gasteiger partial charge in [0.05, 0.1) is 0 Å². The van der Waals surface area contributed by atoms with Crippen molar-refractivity contribution < 1.29 is 0 Å². The fourth-order valence-electron chi connectivity index (χ4n) is 2.15. The van der Waals surface area contributed by atoms with Gasteiger partial charge in [0.2, 0.25) is 0 Å². The van der Waals surface area contributed by atoms with Gasteiger partial charge in [-0.15, -0.1) is 11.3 Å². The minimum atomic E-state index is 0.400. The maximum absolute atomic E-state index is 3.62. The second kappa shape index (κ2) is 5.45. The Morgan fingerprint density at radius 1 is 1.21 bits per heavy atom. The summed E-state index contributed by atoms with van der Waals surface area (Å²) in [5.74, 6) is 0. The molecule has 1 N–H and O–H groups in total. The van der Waals surface area contributed by atoms with E-state index in [-0.39, 0.29) is 0 Å². The van der Waals surface area contributed by atoms with Crippen LogP contribution in [0.4, 0.5) is 0 Å². The van der Waals surface area contributed by atoms with Gasteiger partial charge >= 0.3 is 0 Å². The lowest BCUT2D eigenvalue weighted by atomic mass is 10.2. The highest BCUT2D eigenvalue weighted by molar-refractivity contribution is 7.19. The Morgan fingerprint density at radius 2 is 2.05 bits per heavy atom. The van der Waals surface area contributed by atoms with Crippen molar-refractivity contribution in [2.75, 3.05) is 0 Å². The van der Waals surface area contributed by atoms with E-state index in [1.54, 1.807) is 11.3 Å². The van der Waals surface area contributed by atoms with Gasteiger partial charge in [-0.3, -0.25) is 0 Å². The highest BCUT2D eigenvalue weighted by Crippen LogP contribution is 2.29. The molecule has 98 valence electrons. The molecule has 0 aliphatic rings. The molecule has 3 aromatic rings. The molecule has 3 rings (SSSR count). The van der Waals surface area contributed by atoms with Crippen LogP contribution in [0.15, 0.2) is 41.1 Å². The maximum Gasteiger partial charge on any atom is 0.0389 e. The molecule has 2 heterocycles. The highest BCUT2D eigenvalue weighted by Gasteiger charge is 2.09. The number of benzene rings is 1. The van der Waals surface area contributed by atoms with Crippen molar-refractivity contribution in [1.29, 1.82) is 0 Å². The van der Waals surface area contributed by atoms with Crippen LogP contribution in [-0.4, -0.2) is 0 Å². The summed E-state index contributed by atoms with van der Waals surface area (Å²) >= 11 is 3.67. The largest absolute Gasteiger partial charge is 0.305 e. The topological polar surface area (TPSA) is 12.0 Å². The first-order chi connectivity index (χ1) is 9.24. The number of rotatable bonds is 4. The number of nitrogens with one attached hydrogen (secondary N) is 1. The first kappa shape index (κ1) is 12.9. The van der Waals surface area contributed by atoms with Crippen molar-refractivity contribution in [2.45, 2.75) is 26.4 Å². The fraction of sp³-hybridized carbons (Fsp3) is 0.250. The molecule has 1 unspecified atom stereocenters. The van der Waals surface area contributed by atoms with E-state index in [9.17, 15) is 0 Å². The van der Waals surface area contributed by atoms with E-state index < -0.39 is 0 Å². The van der Waals surface area contributed by atoms with E-state index in [4.69, 9.17) is 0 Å². The molecule has 1 aromatic carbocycles. The molecule has 0 amide bonds. The predicted octanol–water partition coefficient (Wildman–Crippen LogP) is 5.12. The summed E-state index contributed by atoms with van der Waals surface area (Å²) in [6.45, 7) is 5.37. The molecule has 0 bridgehead atoms. The Hall–Kier alpha value is -1.16. The van der Waals surface area contributed by atoms with Crippen LogP contribution < -0.4 is 5.32 Å². The van der Waals surface area contributed by atoms with Gasteiger partial charge in [-0.25, -0.2) is 0 Å². The molecular weight excluding hydrogens is 270 g/mol. The van der Waals surface area contributed by atoms with Gasteiger partial charge in [0.1, 0.15) is 0 Å². The Bertz CT molecular complexity index is 648. The molecule has 3 heteroatoms. The molecule has 0 aliphatic carbocycles. The zero-order valence-electron chi connectivity index (χ0n) is 11.1. The molecular formula is C16H17NS2. The second-order valence-corrected chi connectivity index (χ2v) is 6.73. The van der Waals surface area contributed by atoms with Gasteiger partial charge in [0, 0.05) is 22.2 Å². The van der Waals surface area contributed by atoms with Crippen LogP contribution in [0.2, 0.25) is 0 Å². The van der Waals surface area contributed by atoms with E-state index in [2.05, 4.69) is 60.3 Å². The van der Waals surface area contributed by atoms with Gasteiger partial charge in [-0.2, -0.15) is 11.3 Å². The zero-order valence-corrected chi connectivity index (χ0v) is 12.8. The zero-order chi connectivity index (χ0) is 13.2. The molecule has 2 aromatic heterocycles. The van der Waals surface area contributed by atoms with E-state index >= 15 is 0 Å². The van der Waals surface area contributed by atoms with Crippen LogP contribution in [0.5, 0.6) is 0 Å². The summed E-state index contributed by atoms with van der Waals surface area (Å²) < 4.78 is 1.37. The van der Waals surface area contributed by atoms with Gasteiger partial charge < -0.3 is 5.32 Å². The first-order valence-corrected chi connectivity index (χ1v) is 8.23. The lowest BCUT2D eigenvalue weighted by Gasteiger charge is -2.11. The van der Waals surface area contributed by atoms with Crippen molar-refractivity contribution in [3.05, 3.63) is 57.1 Å². The van der Waals surface area contributed by atoms with E-state index in [0.29, 0.717) is 6.04 Å². The standard InChI is InChI=1S/C16H17NS2/c1-11-9-18-10-14(11)8-17-12(2)16-7-13-5-3-4-6-15(13)19-16/h3-7,9-10,12,17H,8H2,1-2H3. The number of thiophene rings is 2. The molecule has 0 aliphatic heterocycles. The molecule has 19 heavy (non-hydrogen) atoms. The smallest absolute Gasteiger partial charge is 0.0389 e. The molecule has 0 saturated heterocycles. The Balaban J connectivity index is 1.73. The average Bonchev–Trinajstić information content (AvgIpc) is 3.01. The first-order valence-electron chi connectivity index (χ1n) is 6.47. The lowest BCUT2D eigenvalue weighted by molar-refractivity contribution is 0.583. The highest BCUT2D eigenvalue weighted by atomic mass is 32.1. The summed E-state index contributed by atoms with van der Waals surface area (Å²) in [4.78, 5) is 1.41. The van der Waals surface area contributed by atoms with Crippen LogP contribution >= 0.6 is 22.7 Å². The Labute approximate surface area is 121 Å². The summed E-state index contributed by atoms with van der Waals surface area (Å²) in [5.41, 5.74) is 2.80. The number of aryl methyl sites for hydroxylation is 1. The predicted molar refractivity (Wildman–Crippen MR) is 86.1 cm³/mol. The fourth-order valence-corrected chi connectivity index (χ4v) is 4.10. The van der Waals surface area contributed by atoms with Crippen molar-refractivity contribution in [3.63, 3.8) is 0 Å². The van der Waals surface area contributed by atoms with Gasteiger partial charge in [-0.05, 0) is 53.3 Å². The van der Waals surface area contributed by atoms with Gasteiger partial charge in [0.15, 0.2) is 0 Å². The molecule has 0 saturated carbocycles. The monoisotopic (exact) mass is 287 g/mol. The van der Waals surface area contributed by atoms with Gasteiger partial charge in [-0.1, -0.05) is 18.2 Å². The summed E-state index contributed by atoms with van der Waals surface area (Å²) in [6, 6.07) is 11.3. The normalized spacial score (nSPS) is 12.9. The van der Waals surface area contributed by atoms with E-state index in [1.807, 2.05) is 11.3 Å². The summed E-state index contributed by atoms with van der Waals surface area (Å²) in [5, 5.41) is 9.42. The van der Waals surface area contributed by atoms with Crippen LogP contribution in [-0.2, 0) is 6.54 Å². The van der Waals surface area contributed by atoms with Crippen molar-refractivity contribution >= 4 is 32.8 Å². The minimum Gasteiger partial charge on any atom is -0.305 e. The molecule has 0 spiro atoms. The molecule has 1 nitrogen and oxygen atoms in total. The van der Waals surface area contributed by atoms with Crippen molar-refractivity contribution in [1.82, 2.24) is 5.32 Å². The van der Waals surface area contributed by atoms with Crippen LogP contribution in [0, 0.1) is 6.92 Å². The summed E-state index contributed by atoms with van der Waals surface area (Å²) in [6.07, 6.45) is 0. The third kappa shape index (κ3) is 2.73. The number of hydrogen-bond donors (Lipinski definition) is 1. The van der Waals surface area contributed by atoms with E-state index in [0.717, 1.165) is 6.54 Å². The van der Waals surface area contributed by atoms with Crippen LogP contribution in [0.3, 0.4) is 0 Å². The second-order valence-electron chi connectivity index (χ2n) is 4.87. The minimum absolute atomic E-state index is 0.400. The third-order valence-corrected chi connectivity index (χ3v) is 5.64. The molecule has 1 atom stereocenters. The van der Waals surface area contributed by atoms with Crippen molar-refractivity contribution in [3.8, 4) is 0 Å². The molecule has 0 radical (unpaired) electrons. The lowest BCUT2D eigenvalue weighted by Crippen LogP contribution is -2.17. The SMILES string of the molecule is Cc1cscc1CNC(C)c1cc2ccccc2s1. The van der Waals surface area contributed by atoms with Crippen LogP contribution in [0.1, 0.15) is 29.0 Å². The number of fused-ring (bicyclic) bond motifs is 1. The van der Waals surface area contributed by atoms with Gasteiger partial charge in [0.25, 0.3) is 0 Å². The summed E-state index contributed by atoms with van der Waals surface area (Å²) in [7, 11) is 0.